The van der Waals surface area contributed by atoms with Gasteiger partial charge in [-0.2, -0.15) is 0 Å². The van der Waals surface area contributed by atoms with Gasteiger partial charge in [0, 0.05) is 17.1 Å². The summed E-state index contributed by atoms with van der Waals surface area (Å²) in [7, 11) is 0. The van der Waals surface area contributed by atoms with Gasteiger partial charge in [-0.1, -0.05) is 36.9 Å². The van der Waals surface area contributed by atoms with Crippen LogP contribution < -0.4 is 4.74 Å². The van der Waals surface area contributed by atoms with Crippen molar-refractivity contribution in [2.45, 2.75) is 33.1 Å². The maximum atomic E-state index is 11.5. The third-order valence-electron chi connectivity index (χ3n) is 3.45. The first-order chi connectivity index (χ1) is 11.1. The Bertz CT molecular complexity index is 587. The van der Waals surface area contributed by atoms with Crippen molar-refractivity contribution in [2.24, 2.45) is 4.99 Å². The Kier molecular flexibility index (Phi) is 7.30. The van der Waals surface area contributed by atoms with Crippen molar-refractivity contribution in [3.8, 4) is 11.5 Å². The van der Waals surface area contributed by atoms with Gasteiger partial charge in [0.2, 0.25) is 0 Å². The van der Waals surface area contributed by atoms with Crippen LogP contribution in [0.15, 0.2) is 17.1 Å². The molecule has 0 saturated heterocycles. The molecule has 4 nitrogen and oxygen atoms in total. The first-order valence-electron chi connectivity index (χ1n) is 7.92. The molecule has 126 valence electrons. The monoisotopic (exact) mass is 353 g/mol. The number of ketones is 1. The average Bonchev–Trinajstić information content (AvgIpc) is 3.03. The number of Topliss-reactive ketones (excluding diaryl/α,β-unsaturated/α-hetero) is 1. The second kappa shape index (κ2) is 9.23. The number of phenols is 1. The number of aliphatic imine (C=N–C) groups is 1. The summed E-state index contributed by atoms with van der Waals surface area (Å²) in [6, 6.07) is 3.44. The zero-order valence-electron chi connectivity index (χ0n) is 13.6. The normalized spacial score (nSPS) is 13.9. The van der Waals surface area contributed by atoms with Gasteiger partial charge < -0.3 is 9.84 Å². The van der Waals surface area contributed by atoms with E-state index in [1.165, 1.54) is 11.3 Å². The van der Waals surface area contributed by atoms with Gasteiger partial charge in [-0.25, -0.2) is 0 Å². The highest BCUT2D eigenvalue weighted by molar-refractivity contribution is 8.39. The van der Waals surface area contributed by atoms with Crippen LogP contribution in [0.1, 0.15) is 42.6 Å². The van der Waals surface area contributed by atoms with E-state index >= 15 is 0 Å². The van der Waals surface area contributed by atoms with Crippen molar-refractivity contribution in [3.05, 3.63) is 23.3 Å². The summed E-state index contributed by atoms with van der Waals surface area (Å²) in [6.07, 6.45) is 2.51. The smallest absolute Gasteiger partial charge is 0.163 e. The highest BCUT2D eigenvalue weighted by Gasteiger charge is 2.15. The molecule has 6 heteroatoms. The van der Waals surface area contributed by atoms with Crippen LogP contribution in [0.25, 0.3) is 0 Å². The molecule has 0 saturated carbocycles. The Morgan fingerprint density at radius 1 is 1.48 bits per heavy atom. The zero-order chi connectivity index (χ0) is 16.7. The molecule has 0 radical (unpaired) electrons. The fraction of sp³-hybridized carbons (Fsp3) is 0.529. The van der Waals surface area contributed by atoms with E-state index < -0.39 is 0 Å². The maximum absolute atomic E-state index is 11.5. The van der Waals surface area contributed by atoms with Gasteiger partial charge in [0.15, 0.2) is 5.78 Å². The lowest BCUT2D eigenvalue weighted by atomic mass is 10.0. The van der Waals surface area contributed by atoms with Crippen molar-refractivity contribution in [3.63, 3.8) is 0 Å². The third kappa shape index (κ3) is 5.18. The summed E-state index contributed by atoms with van der Waals surface area (Å²) in [4.78, 5) is 15.9. The maximum Gasteiger partial charge on any atom is 0.163 e. The van der Waals surface area contributed by atoms with Gasteiger partial charge in [0.05, 0.1) is 18.7 Å². The van der Waals surface area contributed by atoms with Crippen LogP contribution in [0.5, 0.6) is 11.5 Å². The molecule has 1 N–H and O–H groups in total. The second-order valence-electron chi connectivity index (χ2n) is 5.29. The topological polar surface area (TPSA) is 58.9 Å². The number of benzene rings is 1. The van der Waals surface area contributed by atoms with E-state index in [1.807, 2.05) is 18.7 Å². The highest BCUT2D eigenvalue weighted by Crippen LogP contribution is 2.33. The molecule has 0 aliphatic carbocycles. The molecule has 0 spiro atoms. The Morgan fingerprint density at radius 2 is 2.30 bits per heavy atom. The van der Waals surface area contributed by atoms with E-state index in [0.717, 1.165) is 36.5 Å². The van der Waals surface area contributed by atoms with Crippen LogP contribution in [-0.2, 0) is 6.42 Å². The third-order valence-corrected chi connectivity index (χ3v) is 5.79. The predicted molar refractivity (Wildman–Crippen MR) is 99.4 cm³/mol. The Hall–Kier alpha value is -1.14. The molecule has 1 aromatic rings. The van der Waals surface area contributed by atoms with Crippen LogP contribution >= 0.6 is 23.5 Å². The van der Waals surface area contributed by atoms with Crippen LogP contribution in [0.3, 0.4) is 0 Å². The Labute approximate surface area is 146 Å². The van der Waals surface area contributed by atoms with Crippen LogP contribution in [0.4, 0.5) is 0 Å². The van der Waals surface area contributed by atoms with Gasteiger partial charge in [0.25, 0.3) is 0 Å². The lowest BCUT2D eigenvalue weighted by molar-refractivity contribution is 0.101. The molecule has 1 heterocycles. The number of nitrogens with zero attached hydrogens (tertiary/aromatic N) is 1. The minimum Gasteiger partial charge on any atom is -0.507 e. The first-order valence-corrected chi connectivity index (χ1v) is 9.89. The number of aromatic hydroxyl groups is 1. The summed E-state index contributed by atoms with van der Waals surface area (Å²) in [5, 5.41) is 10.3. The molecule has 0 atom stereocenters. The van der Waals surface area contributed by atoms with E-state index in [9.17, 15) is 9.90 Å². The highest BCUT2D eigenvalue weighted by atomic mass is 32.2. The number of hydrogen-bond acceptors (Lipinski definition) is 6. The molecule has 2 rings (SSSR count). The van der Waals surface area contributed by atoms with E-state index in [1.54, 1.807) is 23.9 Å². The van der Waals surface area contributed by atoms with Crippen molar-refractivity contribution >= 4 is 33.7 Å². The van der Waals surface area contributed by atoms with Crippen LogP contribution in [-0.4, -0.2) is 39.9 Å². The van der Waals surface area contributed by atoms with Gasteiger partial charge in [0.1, 0.15) is 15.9 Å². The van der Waals surface area contributed by atoms with Crippen LogP contribution in [0, 0.1) is 0 Å². The molecular formula is C17H23NO3S2. The summed E-state index contributed by atoms with van der Waals surface area (Å²) in [5.41, 5.74) is 1.11. The first kappa shape index (κ1) is 18.2. The van der Waals surface area contributed by atoms with Crippen molar-refractivity contribution in [1.29, 1.82) is 0 Å². The number of rotatable bonds is 8. The quantitative estimate of drug-likeness (QED) is 0.562. The summed E-state index contributed by atoms with van der Waals surface area (Å²) < 4.78 is 7.02. The number of phenolic OH excluding ortho intramolecular Hbond substituents is 1. The van der Waals surface area contributed by atoms with Gasteiger partial charge >= 0.3 is 0 Å². The van der Waals surface area contributed by atoms with Crippen molar-refractivity contribution in [2.75, 3.05) is 24.7 Å². The molecule has 23 heavy (non-hydrogen) atoms. The number of hydrogen-bond donors (Lipinski definition) is 1. The molecule has 0 fully saturated rings. The van der Waals surface area contributed by atoms with E-state index in [-0.39, 0.29) is 11.5 Å². The SMILES string of the molecule is CCCc1c(OCCCSC2=NCCS2)ccc(C(C)=O)c1O. The zero-order valence-corrected chi connectivity index (χ0v) is 15.3. The molecule has 0 bridgehead atoms. The second-order valence-corrected chi connectivity index (χ2v) is 7.72. The number of carbonyl (C=O) groups excluding carboxylic acids is 1. The fourth-order valence-corrected chi connectivity index (χ4v) is 4.32. The van der Waals surface area contributed by atoms with Gasteiger partial charge in [-0.3, -0.25) is 9.79 Å². The summed E-state index contributed by atoms with van der Waals surface area (Å²) in [5.74, 6) is 2.71. The van der Waals surface area contributed by atoms with Crippen molar-refractivity contribution in [1.82, 2.24) is 0 Å². The molecule has 0 amide bonds. The minimum absolute atomic E-state index is 0.0722. The van der Waals surface area contributed by atoms with E-state index in [2.05, 4.69) is 4.99 Å². The lowest BCUT2D eigenvalue weighted by Gasteiger charge is -2.14. The predicted octanol–water partition coefficient (Wildman–Crippen LogP) is 4.15. The molecule has 1 aliphatic heterocycles. The molecular weight excluding hydrogens is 330 g/mol. The number of ether oxygens (including phenoxy) is 1. The molecule has 1 aliphatic rings. The van der Waals surface area contributed by atoms with Gasteiger partial charge in [-0.05, 0) is 31.9 Å². The largest absolute Gasteiger partial charge is 0.507 e. The summed E-state index contributed by atoms with van der Waals surface area (Å²) >= 11 is 3.60. The Morgan fingerprint density at radius 3 is 2.96 bits per heavy atom. The number of carbonyl (C=O) groups is 1. The lowest BCUT2D eigenvalue weighted by Crippen LogP contribution is -2.04. The van der Waals surface area contributed by atoms with Crippen LogP contribution in [0.2, 0.25) is 0 Å². The average molecular weight is 354 g/mol. The Balaban J connectivity index is 1.90. The number of thioether (sulfide) groups is 2. The minimum atomic E-state index is -0.127. The van der Waals surface area contributed by atoms with Crippen molar-refractivity contribution < 1.29 is 14.6 Å². The van der Waals surface area contributed by atoms with Gasteiger partial charge in [-0.15, -0.1) is 0 Å². The molecule has 0 unspecified atom stereocenters. The molecule has 0 aromatic heterocycles. The fourth-order valence-electron chi connectivity index (χ4n) is 2.33. The van der Waals surface area contributed by atoms with E-state index in [4.69, 9.17) is 4.74 Å². The van der Waals surface area contributed by atoms with E-state index in [0.29, 0.717) is 24.3 Å². The molecule has 1 aromatic carbocycles. The summed E-state index contributed by atoms with van der Waals surface area (Å²) in [6.45, 7) is 5.04. The standard InChI is InChI=1S/C17H23NO3S2/c1-3-5-14-15(7-6-13(12(2)19)16(14)20)21-9-4-10-22-17-18-8-11-23-17/h6-7,20H,3-5,8-11H2,1-2H3.